The molecule has 0 aliphatic heterocycles. The summed E-state index contributed by atoms with van der Waals surface area (Å²) >= 11 is 0. The van der Waals surface area contributed by atoms with Crippen molar-refractivity contribution in [3.63, 3.8) is 0 Å². The van der Waals surface area contributed by atoms with Crippen molar-refractivity contribution in [1.82, 2.24) is 14.9 Å². The van der Waals surface area contributed by atoms with Crippen molar-refractivity contribution in [3.8, 4) is 0 Å². The van der Waals surface area contributed by atoms with Crippen molar-refractivity contribution >= 4 is 0 Å². The van der Waals surface area contributed by atoms with Gasteiger partial charge in [-0.3, -0.25) is 0 Å². The SMILES string of the molecule is CCCCC(C)n1cncc1CNC1CC1. The lowest BCUT2D eigenvalue weighted by atomic mass is 10.1. The molecule has 1 N–H and O–H groups in total. The summed E-state index contributed by atoms with van der Waals surface area (Å²) in [6.07, 6.45) is 10.5. The van der Waals surface area contributed by atoms with Crippen molar-refractivity contribution in [3.05, 3.63) is 18.2 Å². The third kappa shape index (κ3) is 3.08. The number of unbranched alkanes of at least 4 members (excludes halogenated alkanes) is 1. The van der Waals surface area contributed by atoms with Crippen LogP contribution in [0.25, 0.3) is 0 Å². The maximum atomic E-state index is 4.27. The minimum absolute atomic E-state index is 0.582. The van der Waals surface area contributed by atoms with Gasteiger partial charge < -0.3 is 9.88 Å². The summed E-state index contributed by atoms with van der Waals surface area (Å²) < 4.78 is 2.32. The van der Waals surface area contributed by atoms with Crippen molar-refractivity contribution in [1.29, 1.82) is 0 Å². The molecule has 1 heterocycles. The molecule has 1 aliphatic carbocycles. The molecule has 90 valence electrons. The molecular weight excluding hydrogens is 198 g/mol. The van der Waals surface area contributed by atoms with Crippen LogP contribution in [0.4, 0.5) is 0 Å². The lowest BCUT2D eigenvalue weighted by Crippen LogP contribution is -2.19. The van der Waals surface area contributed by atoms with Gasteiger partial charge in [-0.1, -0.05) is 19.8 Å². The van der Waals surface area contributed by atoms with Gasteiger partial charge in [-0.2, -0.15) is 0 Å². The van der Waals surface area contributed by atoms with Gasteiger partial charge in [0.1, 0.15) is 0 Å². The maximum absolute atomic E-state index is 4.27. The molecular formula is C13H23N3. The number of nitrogens with one attached hydrogen (secondary N) is 1. The van der Waals surface area contributed by atoms with E-state index in [1.54, 1.807) is 0 Å². The standard InChI is InChI=1S/C13H23N3/c1-3-4-5-11(2)16-10-14-8-13(16)9-15-12-6-7-12/h8,10-12,15H,3-7,9H2,1-2H3. The second-order valence-corrected chi connectivity index (χ2v) is 4.94. The molecule has 1 fully saturated rings. The average molecular weight is 221 g/mol. The molecule has 0 amide bonds. The molecule has 0 saturated heterocycles. The van der Waals surface area contributed by atoms with Gasteiger partial charge in [-0.25, -0.2) is 4.98 Å². The molecule has 0 radical (unpaired) electrons. The van der Waals surface area contributed by atoms with Crippen LogP contribution in [0.15, 0.2) is 12.5 Å². The van der Waals surface area contributed by atoms with Crippen LogP contribution >= 0.6 is 0 Å². The van der Waals surface area contributed by atoms with Gasteiger partial charge in [0.2, 0.25) is 0 Å². The molecule has 1 atom stereocenters. The van der Waals surface area contributed by atoms with Gasteiger partial charge in [0, 0.05) is 24.8 Å². The minimum Gasteiger partial charge on any atom is -0.331 e. The highest BCUT2D eigenvalue weighted by molar-refractivity contribution is 5.01. The highest BCUT2D eigenvalue weighted by Crippen LogP contribution is 2.20. The smallest absolute Gasteiger partial charge is 0.0951 e. The van der Waals surface area contributed by atoms with E-state index in [0.29, 0.717) is 6.04 Å². The van der Waals surface area contributed by atoms with Crippen LogP contribution in [0, 0.1) is 0 Å². The van der Waals surface area contributed by atoms with E-state index in [1.807, 2.05) is 12.5 Å². The monoisotopic (exact) mass is 221 g/mol. The van der Waals surface area contributed by atoms with Crippen molar-refractivity contribution in [2.75, 3.05) is 0 Å². The topological polar surface area (TPSA) is 29.9 Å². The van der Waals surface area contributed by atoms with Crippen molar-refractivity contribution in [2.24, 2.45) is 0 Å². The number of nitrogens with zero attached hydrogens (tertiary/aromatic N) is 2. The van der Waals surface area contributed by atoms with Crippen LogP contribution < -0.4 is 5.32 Å². The molecule has 1 aromatic heterocycles. The van der Waals surface area contributed by atoms with E-state index >= 15 is 0 Å². The number of imidazole rings is 1. The highest BCUT2D eigenvalue weighted by atomic mass is 15.1. The Labute approximate surface area is 98.3 Å². The summed E-state index contributed by atoms with van der Waals surface area (Å²) in [6, 6.07) is 1.35. The van der Waals surface area contributed by atoms with Crippen LogP contribution in [0.3, 0.4) is 0 Å². The first-order valence-corrected chi connectivity index (χ1v) is 6.55. The Kier molecular flexibility index (Phi) is 3.99. The van der Waals surface area contributed by atoms with Gasteiger partial charge in [-0.05, 0) is 26.2 Å². The summed E-state index contributed by atoms with van der Waals surface area (Å²) in [6.45, 7) is 5.51. The van der Waals surface area contributed by atoms with E-state index in [9.17, 15) is 0 Å². The molecule has 0 aromatic carbocycles. The van der Waals surface area contributed by atoms with Crippen LogP contribution in [-0.4, -0.2) is 15.6 Å². The second kappa shape index (κ2) is 5.48. The van der Waals surface area contributed by atoms with Crippen LogP contribution in [0.5, 0.6) is 0 Å². The summed E-state index contributed by atoms with van der Waals surface area (Å²) in [5, 5.41) is 3.55. The third-order valence-electron chi connectivity index (χ3n) is 3.35. The van der Waals surface area contributed by atoms with E-state index < -0.39 is 0 Å². The molecule has 0 spiro atoms. The maximum Gasteiger partial charge on any atom is 0.0951 e. The summed E-state index contributed by atoms with van der Waals surface area (Å²) in [4.78, 5) is 4.27. The highest BCUT2D eigenvalue weighted by Gasteiger charge is 2.20. The largest absolute Gasteiger partial charge is 0.331 e. The number of hydrogen-bond acceptors (Lipinski definition) is 2. The first kappa shape index (κ1) is 11.6. The zero-order chi connectivity index (χ0) is 11.4. The lowest BCUT2D eigenvalue weighted by Gasteiger charge is -2.16. The lowest BCUT2D eigenvalue weighted by molar-refractivity contribution is 0.464. The van der Waals surface area contributed by atoms with E-state index in [2.05, 4.69) is 28.7 Å². The fourth-order valence-corrected chi connectivity index (χ4v) is 2.04. The Morgan fingerprint density at radius 1 is 1.56 bits per heavy atom. The molecule has 1 aromatic rings. The average Bonchev–Trinajstić information content (AvgIpc) is 3.00. The Morgan fingerprint density at radius 2 is 2.38 bits per heavy atom. The van der Waals surface area contributed by atoms with E-state index in [4.69, 9.17) is 0 Å². The predicted octanol–water partition coefficient (Wildman–Crippen LogP) is 2.89. The Bertz CT molecular complexity index is 315. The summed E-state index contributed by atoms with van der Waals surface area (Å²) in [7, 11) is 0. The first-order chi connectivity index (χ1) is 7.81. The molecule has 2 rings (SSSR count). The zero-order valence-electron chi connectivity index (χ0n) is 10.4. The number of rotatable bonds is 7. The first-order valence-electron chi connectivity index (χ1n) is 6.55. The number of aromatic nitrogens is 2. The molecule has 3 nitrogen and oxygen atoms in total. The molecule has 16 heavy (non-hydrogen) atoms. The molecule has 1 unspecified atom stereocenters. The quantitative estimate of drug-likeness (QED) is 0.767. The molecule has 0 bridgehead atoms. The minimum atomic E-state index is 0.582. The predicted molar refractivity (Wildman–Crippen MR) is 66.3 cm³/mol. The van der Waals surface area contributed by atoms with Crippen LogP contribution in [-0.2, 0) is 6.54 Å². The van der Waals surface area contributed by atoms with Crippen molar-refractivity contribution < 1.29 is 0 Å². The van der Waals surface area contributed by atoms with Gasteiger partial charge in [-0.15, -0.1) is 0 Å². The van der Waals surface area contributed by atoms with Gasteiger partial charge in [0.05, 0.1) is 12.0 Å². The third-order valence-corrected chi connectivity index (χ3v) is 3.35. The fraction of sp³-hybridized carbons (Fsp3) is 0.769. The molecule has 1 aliphatic rings. The molecule has 3 heteroatoms. The van der Waals surface area contributed by atoms with E-state index in [0.717, 1.165) is 12.6 Å². The normalized spacial score (nSPS) is 17.6. The van der Waals surface area contributed by atoms with Gasteiger partial charge in [0.15, 0.2) is 0 Å². The Hall–Kier alpha value is -0.830. The van der Waals surface area contributed by atoms with Crippen molar-refractivity contribution in [2.45, 2.75) is 64.6 Å². The fourth-order valence-electron chi connectivity index (χ4n) is 2.04. The number of hydrogen-bond donors (Lipinski definition) is 1. The van der Waals surface area contributed by atoms with Gasteiger partial charge >= 0.3 is 0 Å². The summed E-state index contributed by atoms with van der Waals surface area (Å²) in [5.74, 6) is 0. The van der Waals surface area contributed by atoms with Crippen LogP contribution in [0.1, 0.15) is 57.7 Å². The summed E-state index contributed by atoms with van der Waals surface area (Å²) in [5.41, 5.74) is 1.33. The Balaban J connectivity index is 1.88. The van der Waals surface area contributed by atoms with Gasteiger partial charge in [0.25, 0.3) is 0 Å². The molecule has 1 saturated carbocycles. The van der Waals surface area contributed by atoms with E-state index in [-0.39, 0.29) is 0 Å². The zero-order valence-corrected chi connectivity index (χ0v) is 10.4. The second-order valence-electron chi connectivity index (χ2n) is 4.94. The Morgan fingerprint density at radius 3 is 3.06 bits per heavy atom. The van der Waals surface area contributed by atoms with Crippen LogP contribution in [0.2, 0.25) is 0 Å². The van der Waals surface area contributed by atoms with E-state index in [1.165, 1.54) is 37.8 Å².